The molecule has 0 bridgehead atoms. The van der Waals surface area contributed by atoms with Crippen molar-refractivity contribution in [2.75, 3.05) is 4.90 Å². The van der Waals surface area contributed by atoms with Crippen LogP contribution in [-0.2, 0) is 19.7 Å². The fourth-order valence-electron chi connectivity index (χ4n) is 3.39. The highest BCUT2D eigenvalue weighted by Gasteiger charge is 2.38. The lowest BCUT2D eigenvalue weighted by Crippen LogP contribution is -2.54. The second kappa shape index (κ2) is 9.94. The van der Waals surface area contributed by atoms with Crippen molar-refractivity contribution in [2.45, 2.75) is 11.8 Å². The number of amides is 4. The molecule has 1 aliphatic rings. The standard InChI is InChI=1S/C24H15Cl3N2O6S/c1-13-18(26)8-5-9-20(13)29-23(31)17(22(30)28-24(29)32)11-14-10-15(25)12-19(27)21(14)35-36(33,34)16-6-3-2-4-7-16/h2-12H,1H3,(H,28,30,32)/b17-11+. The Morgan fingerprint density at radius 2 is 1.61 bits per heavy atom. The molecule has 0 radical (unpaired) electrons. The quantitative estimate of drug-likeness (QED) is 0.252. The Bertz CT molecular complexity index is 1560. The molecule has 0 unspecified atom stereocenters. The number of halogens is 3. The van der Waals surface area contributed by atoms with Crippen LogP contribution in [0.4, 0.5) is 10.5 Å². The first-order valence-corrected chi connectivity index (χ1v) is 12.7. The van der Waals surface area contributed by atoms with E-state index in [9.17, 15) is 22.8 Å². The predicted molar refractivity (Wildman–Crippen MR) is 136 cm³/mol. The van der Waals surface area contributed by atoms with Gasteiger partial charge in [0.1, 0.15) is 10.5 Å². The van der Waals surface area contributed by atoms with E-state index in [1.165, 1.54) is 42.5 Å². The number of nitrogens with one attached hydrogen (secondary N) is 1. The number of hydrogen-bond acceptors (Lipinski definition) is 6. The van der Waals surface area contributed by atoms with Crippen LogP contribution in [0.1, 0.15) is 11.1 Å². The molecular formula is C24H15Cl3N2O6S. The minimum Gasteiger partial charge on any atom is -0.377 e. The molecule has 0 aromatic heterocycles. The van der Waals surface area contributed by atoms with E-state index in [1.54, 1.807) is 25.1 Å². The van der Waals surface area contributed by atoms with Crippen molar-refractivity contribution in [1.29, 1.82) is 0 Å². The molecule has 1 saturated heterocycles. The zero-order chi connectivity index (χ0) is 26.2. The monoisotopic (exact) mass is 564 g/mol. The van der Waals surface area contributed by atoms with Crippen molar-refractivity contribution in [1.82, 2.24) is 5.32 Å². The van der Waals surface area contributed by atoms with Crippen LogP contribution < -0.4 is 14.4 Å². The summed E-state index contributed by atoms with van der Waals surface area (Å²) in [6.45, 7) is 1.61. The van der Waals surface area contributed by atoms with Crippen LogP contribution in [0.15, 0.2) is 71.1 Å². The van der Waals surface area contributed by atoms with Gasteiger partial charge < -0.3 is 4.18 Å². The topological polar surface area (TPSA) is 110 Å². The van der Waals surface area contributed by atoms with Crippen molar-refractivity contribution in [3.05, 3.63) is 92.4 Å². The minimum absolute atomic E-state index is 0.0809. The van der Waals surface area contributed by atoms with E-state index in [-0.39, 0.29) is 31.9 Å². The van der Waals surface area contributed by atoms with Crippen molar-refractivity contribution in [3.8, 4) is 5.75 Å². The average Bonchev–Trinajstić information content (AvgIpc) is 2.82. The van der Waals surface area contributed by atoms with Gasteiger partial charge in [-0.25, -0.2) is 9.69 Å². The van der Waals surface area contributed by atoms with E-state index in [1.807, 2.05) is 0 Å². The summed E-state index contributed by atoms with van der Waals surface area (Å²) in [5, 5.41) is 2.29. The second-order valence-corrected chi connectivity index (χ2v) is 10.3. The van der Waals surface area contributed by atoms with Gasteiger partial charge in [0.15, 0.2) is 5.75 Å². The third-order valence-corrected chi connectivity index (χ3v) is 7.29. The number of carbonyl (C=O) groups excluding carboxylic acids is 3. The summed E-state index contributed by atoms with van der Waals surface area (Å²) in [5.41, 5.74) is 0.0210. The molecule has 0 aliphatic carbocycles. The van der Waals surface area contributed by atoms with Crippen LogP contribution >= 0.6 is 34.8 Å². The summed E-state index contributed by atoms with van der Waals surface area (Å²) in [5.74, 6) is -2.34. The van der Waals surface area contributed by atoms with E-state index >= 15 is 0 Å². The summed E-state index contributed by atoms with van der Waals surface area (Å²) in [6, 6.07) is 13.5. The van der Waals surface area contributed by atoms with Crippen molar-refractivity contribution in [2.24, 2.45) is 0 Å². The first-order valence-electron chi connectivity index (χ1n) is 10.1. The van der Waals surface area contributed by atoms with Crippen LogP contribution in [0.2, 0.25) is 15.1 Å². The van der Waals surface area contributed by atoms with Crippen molar-refractivity contribution < 1.29 is 27.0 Å². The van der Waals surface area contributed by atoms with Gasteiger partial charge in [0.2, 0.25) is 0 Å². The number of benzene rings is 3. The minimum atomic E-state index is -4.33. The van der Waals surface area contributed by atoms with Gasteiger partial charge in [-0.05, 0) is 55.0 Å². The third-order valence-electron chi connectivity index (χ3n) is 5.14. The van der Waals surface area contributed by atoms with Gasteiger partial charge in [0.25, 0.3) is 11.8 Å². The molecule has 4 rings (SSSR count). The second-order valence-electron chi connectivity index (χ2n) is 7.50. The van der Waals surface area contributed by atoms with Crippen LogP contribution in [0.3, 0.4) is 0 Å². The average molecular weight is 566 g/mol. The zero-order valence-electron chi connectivity index (χ0n) is 18.3. The lowest BCUT2D eigenvalue weighted by atomic mass is 10.0. The Balaban J connectivity index is 1.82. The first-order chi connectivity index (χ1) is 17.0. The summed E-state index contributed by atoms with van der Waals surface area (Å²) in [6.07, 6.45) is 1.05. The summed E-state index contributed by atoms with van der Waals surface area (Å²) in [7, 11) is -4.33. The van der Waals surface area contributed by atoms with Gasteiger partial charge in [0.05, 0.1) is 10.7 Å². The molecule has 0 spiro atoms. The van der Waals surface area contributed by atoms with Crippen LogP contribution in [0.5, 0.6) is 5.75 Å². The smallest absolute Gasteiger partial charge is 0.339 e. The van der Waals surface area contributed by atoms with Crippen molar-refractivity contribution >= 4 is 74.5 Å². The Morgan fingerprint density at radius 3 is 2.31 bits per heavy atom. The molecule has 36 heavy (non-hydrogen) atoms. The van der Waals surface area contributed by atoms with E-state index in [2.05, 4.69) is 5.32 Å². The Hall–Kier alpha value is -3.37. The van der Waals surface area contributed by atoms with E-state index in [0.29, 0.717) is 10.6 Å². The van der Waals surface area contributed by atoms with Crippen LogP contribution in [-0.4, -0.2) is 26.3 Å². The fourth-order valence-corrected chi connectivity index (χ4v) is 5.15. The van der Waals surface area contributed by atoms with Gasteiger partial charge in [0, 0.05) is 15.6 Å². The SMILES string of the molecule is Cc1c(Cl)cccc1N1C(=O)NC(=O)/C(=C\c2cc(Cl)cc(Cl)c2OS(=O)(=O)c2ccccc2)C1=O. The normalized spacial score (nSPS) is 15.3. The highest BCUT2D eigenvalue weighted by Crippen LogP contribution is 2.37. The molecule has 1 N–H and O–H groups in total. The molecule has 4 amide bonds. The van der Waals surface area contributed by atoms with Gasteiger partial charge in [-0.1, -0.05) is 59.1 Å². The lowest BCUT2D eigenvalue weighted by Gasteiger charge is -2.28. The number of hydrogen-bond donors (Lipinski definition) is 1. The van der Waals surface area contributed by atoms with Crippen LogP contribution in [0, 0.1) is 6.92 Å². The Morgan fingerprint density at radius 1 is 0.917 bits per heavy atom. The molecule has 1 aliphatic heterocycles. The van der Waals surface area contributed by atoms with Crippen molar-refractivity contribution in [3.63, 3.8) is 0 Å². The van der Waals surface area contributed by atoms with Gasteiger partial charge in [-0.3, -0.25) is 14.9 Å². The summed E-state index contributed by atoms with van der Waals surface area (Å²) in [4.78, 5) is 39.1. The maximum absolute atomic E-state index is 13.3. The molecular weight excluding hydrogens is 551 g/mol. The number of urea groups is 1. The molecule has 3 aromatic rings. The number of barbiturate groups is 1. The third kappa shape index (κ3) is 4.96. The van der Waals surface area contributed by atoms with E-state index < -0.39 is 33.5 Å². The zero-order valence-corrected chi connectivity index (χ0v) is 21.4. The first kappa shape index (κ1) is 25.7. The van der Waals surface area contributed by atoms with E-state index in [0.717, 1.165) is 11.0 Å². The molecule has 12 heteroatoms. The fraction of sp³-hybridized carbons (Fsp3) is 0.0417. The Labute approximate surface area is 221 Å². The number of rotatable bonds is 5. The molecule has 0 atom stereocenters. The Kier molecular flexibility index (Phi) is 7.10. The molecule has 184 valence electrons. The molecule has 3 aromatic carbocycles. The van der Waals surface area contributed by atoms with Crippen LogP contribution in [0.25, 0.3) is 6.08 Å². The largest absolute Gasteiger partial charge is 0.377 e. The number of nitrogens with zero attached hydrogens (tertiary/aromatic N) is 1. The highest BCUT2D eigenvalue weighted by molar-refractivity contribution is 7.87. The molecule has 0 saturated carbocycles. The van der Waals surface area contributed by atoms with Gasteiger partial charge >= 0.3 is 16.1 Å². The maximum atomic E-state index is 13.3. The summed E-state index contributed by atoms with van der Waals surface area (Å²) >= 11 is 18.5. The highest BCUT2D eigenvalue weighted by atomic mass is 35.5. The lowest BCUT2D eigenvalue weighted by molar-refractivity contribution is -0.122. The number of carbonyl (C=O) groups is 3. The van der Waals surface area contributed by atoms with Gasteiger partial charge in [-0.2, -0.15) is 8.42 Å². The number of anilines is 1. The molecule has 8 nitrogen and oxygen atoms in total. The predicted octanol–water partition coefficient (Wildman–Crippen LogP) is 5.39. The molecule has 1 heterocycles. The maximum Gasteiger partial charge on any atom is 0.339 e. The van der Waals surface area contributed by atoms with E-state index in [4.69, 9.17) is 39.0 Å². The number of imide groups is 2. The molecule has 1 fully saturated rings. The van der Waals surface area contributed by atoms with Gasteiger partial charge in [-0.15, -0.1) is 0 Å². The summed E-state index contributed by atoms with van der Waals surface area (Å²) < 4.78 is 30.9.